The lowest BCUT2D eigenvalue weighted by Crippen LogP contribution is -2.12. The molecule has 1 rings (SSSR count). The highest BCUT2D eigenvalue weighted by molar-refractivity contribution is 5.77. The minimum atomic E-state index is -0.166. The van der Waals surface area contributed by atoms with Gasteiger partial charge in [0.05, 0.1) is 12.5 Å². The molecule has 0 aromatic heterocycles. The summed E-state index contributed by atoms with van der Waals surface area (Å²) < 4.78 is 4.92. The molecule has 0 heterocycles. The van der Waals surface area contributed by atoms with E-state index >= 15 is 0 Å². The fourth-order valence-corrected chi connectivity index (χ4v) is 1.15. The van der Waals surface area contributed by atoms with Gasteiger partial charge >= 0.3 is 5.97 Å². The van der Waals surface area contributed by atoms with Gasteiger partial charge in [0.15, 0.2) is 0 Å². The van der Waals surface area contributed by atoms with Crippen molar-refractivity contribution in [3.63, 3.8) is 0 Å². The minimum absolute atomic E-state index is 0.159. The number of carbonyl (C=O) groups is 1. The van der Waals surface area contributed by atoms with Crippen molar-refractivity contribution in [2.24, 2.45) is 0 Å². The van der Waals surface area contributed by atoms with E-state index in [9.17, 15) is 4.79 Å². The summed E-state index contributed by atoms with van der Waals surface area (Å²) in [5.41, 5.74) is 1.00. The van der Waals surface area contributed by atoms with Crippen LogP contribution >= 0.6 is 0 Å². The van der Waals surface area contributed by atoms with Crippen molar-refractivity contribution in [1.82, 2.24) is 0 Å². The third-order valence-electron chi connectivity index (χ3n) is 1.94. The Bertz CT molecular complexity index is 267. The molecule has 0 unspecified atom stereocenters. The molecule has 0 aliphatic carbocycles. The van der Waals surface area contributed by atoms with Crippen molar-refractivity contribution in [3.05, 3.63) is 35.9 Å². The summed E-state index contributed by atoms with van der Waals surface area (Å²) in [6.07, 6.45) is 0. The topological polar surface area (TPSA) is 26.3 Å². The maximum absolute atomic E-state index is 11.3. The van der Waals surface area contributed by atoms with Crippen LogP contribution in [0.5, 0.6) is 0 Å². The van der Waals surface area contributed by atoms with Crippen LogP contribution in [0.3, 0.4) is 0 Å². The minimum Gasteiger partial charge on any atom is -0.466 e. The Morgan fingerprint density at radius 2 is 2.00 bits per heavy atom. The predicted molar refractivity (Wildman–Crippen MR) is 51.5 cm³/mol. The summed E-state index contributed by atoms with van der Waals surface area (Å²) >= 11 is 0. The second kappa shape index (κ2) is 4.65. The van der Waals surface area contributed by atoms with Crippen molar-refractivity contribution in [3.8, 4) is 0 Å². The van der Waals surface area contributed by atoms with Gasteiger partial charge < -0.3 is 4.74 Å². The van der Waals surface area contributed by atoms with Crippen molar-refractivity contribution >= 4 is 5.97 Å². The van der Waals surface area contributed by atoms with Crippen LogP contribution in [-0.2, 0) is 9.53 Å². The lowest BCUT2D eigenvalue weighted by Gasteiger charge is -2.09. The van der Waals surface area contributed by atoms with Crippen LogP contribution in [0.4, 0.5) is 0 Å². The van der Waals surface area contributed by atoms with Crippen molar-refractivity contribution in [1.29, 1.82) is 0 Å². The third-order valence-corrected chi connectivity index (χ3v) is 1.94. The van der Waals surface area contributed by atoms with E-state index in [0.717, 1.165) is 5.56 Å². The van der Waals surface area contributed by atoms with Gasteiger partial charge in [-0.15, -0.1) is 0 Å². The Labute approximate surface area is 78.5 Å². The lowest BCUT2D eigenvalue weighted by atomic mass is 10.0. The predicted octanol–water partition coefficient (Wildman–Crippen LogP) is 2.35. The zero-order chi connectivity index (χ0) is 9.68. The third kappa shape index (κ3) is 2.58. The van der Waals surface area contributed by atoms with Crippen LogP contribution < -0.4 is 0 Å². The molecule has 0 aliphatic rings. The Hall–Kier alpha value is -1.31. The molecule has 0 aliphatic heterocycles. The van der Waals surface area contributed by atoms with Crippen LogP contribution in [0.25, 0.3) is 0 Å². The molecule has 0 bridgehead atoms. The van der Waals surface area contributed by atoms with Crippen molar-refractivity contribution < 1.29 is 9.53 Å². The number of rotatable bonds is 3. The molecule has 1 aromatic rings. The Morgan fingerprint density at radius 1 is 1.38 bits per heavy atom. The molecular weight excluding hydrogens is 164 g/mol. The first kappa shape index (κ1) is 9.78. The first-order valence-electron chi connectivity index (χ1n) is 4.47. The van der Waals surface area contributed by atoms with Gasteiger partial charge in [0, 0.05) is 0 Å². The van der Waals surface area contributed by atoms with Crippen LogP contribution in [0.1, 0.15) is 25.3 Å². The molecule has 0 N–H and O–H groups in total. The van der Waals surface area contributed by atoms with E-state index in [1.54, 1.807) is 0 Å². The summed E-state index contributed by atoms with van der Waals surface area (Å²) in [5, 5.41) is 0. The van der Waals surface area contributed by atoms with Gasteiger partial charge in [-0.25, -0.2) is 0 Å². The molecule has 2 heteroatoms. The van der Waals surface area contributed by atoms with E-state index in [2.05, 4.69) is 0 Å². The molecule has 70 valence electrons. The highest BCUT2D eigenvalue weighted by atomic mass is 16.5. The Kier molecular flexibility index (Phi) is 3.50. The second-order valence-electron chi connectivity index (χ2n) is 2.88. The van der Waals surface area contributed by atoms with Gasteiger partial charge in [0.1, 0.15) is 0 Å². The summed E-state index contributed by atoms with van der Waals surface area (Å²) in [4.78, 5) is 11.3. The maximum atomic E-state index is 11.3. The summed E-state index contributed by atoms with van der Waals surface area (Å²) in [6.45, 7) is 4.11. The fraction of sp³-hybridized carbons (Fsp3) is 0.364. The lowest BCUT2D eigenvalue weighted by molar-refractivity contribution is -0.144. The van der Waals surface area contributed by atoms with Crippen LogP contribution in [0.2, 0.25) is 0 Å². The molecule has 2 nitrogen and oxygen atoms in total. The molecular formula is C11H14O2. The average Bonchev–Trinajstić information content (AvgIpc) is 2.18. The Morgan fingerprint density at radius 3 is 2.54 bits per heavy atom. The average molecular weight is 178 g/mol. The van der Waals surface area contributed by atoms with Gasteiger partial charge in [-0.1, -0.05) is 30.3 Å². The summed E-state index contributed by atoms with van der Waals surface area (Å²) in [6, 6.07) is 9.64. The van der Waals surface area contributed by atoms with Gasteiger partial charge in [-0.2, -0.15) is 0 Å². The van der Waals surface area contributed by atoms with E-state index in [0.29, 0.717) is 6.61 Å². The Balaban J connectivity index is 2.68. The fourth-order valence-electron chi connectivity index (χ4n) is 1.15. The molecule has 0 spiro atoms. The van der Waals surface area contributed by atoms with E-state index in [4.69, 9.17) is 4.74 Å². The van der Waals surface area contributed by atoms with Gasteiger partial charge in [0.2, 0.25) is 0 Å². The molecule has 0 fully saturated rings. The zero-order valence-electron chi connectivity index (χ0n) is 7.99. The number of benzene rings is 1. The maximum Gasteiger partial charge on any atom is 0.313 e. The molecule has 1 atom stereocenters. The highest BCUT2D eigenvalue weighted by Gasteiger charge is 2.14. The number of esters is 1. The van der Waals surface area contributed by atoms with Crippen molar-refractivity contribution in [2.75, 3.05) is 6.61 Å². The smallest absolute Gasteiger partial charge is 0.313 e. The van der Waals surface area contributed by atoms with Gasteiger partial charge in [-0.3, -0.25) is 4.79 Å². The number of carbonyl (C=O) groups excluding carboxylic acids is 1. The van der Waals surface area contributed by atoms with Gasteiger partial charge in [0.25, 0.3) is 0 Å². The van der Waals surface area contributed by atoms with E-state index in [-0.39, 0.29) is 11.9 Å². The van der Waals surface area contributed by atoms with E-state index in [1.807, 2.05) is 44.2 Å². The van der Waals surface area contributed by atoms with Crippen LogP contribution in [0, 0.1) is 0 Å². The zero-order valence-corrected chi connectivity index (χ0v) is 7.99. The molecule has 0 radical (unpaired) electrons. The van der Waals surface area contributed by atoms with Crippen LogP contribution in [0.15, 0.2) is 30.3 Å². The van der Waals surface area contributed by atoms with Crippen molar-refractivity contribution in [2.45, 2.75) is 19.8 Å². The number of hydrogen-bond donors (Lipinski definition) is 0. The van der Waals surface area contributed by atoms with Gasteiger partial charge in [-0.05, 0) is 19.4 Å². The quantitative estimate of drug-likeness (QED) is 0.664. The molecule has 0 amide bonds. The largest absolute Gasteiger partial charge is 0.466 e. The standard InChI is InChI=1S/C11H14O2/c1-3-13-11(12)9(2)10-7-5-4-6-8-10/h4-9H,3H2,1-2H3/t9-/m0/s1. The first-order valence-corrected chi connectivity index (χ1v) is 4.47. The summed E-state index contributed by atoms with van der Waals surface area (Å²) in [5.74, 6) is -0.324. The van der Waals surface area contributed by atoms with Crippen LogP contribution in [-0.4, -0.2) is 12.6 Å². The monoisotopic (exact) mass is 178 g/mol. The second-order valence-corrected chi connectivity index (χ2v) is 2.88. The number of hydrogen-bond acceptors (Lipinski definition) is 2. The molecule has 0 saturated carbocycles. The first-order chi connectivity index (χ1) is 6.25. The highest BCUT2D eigenvalue weighted by Crippen LogP contribution is 2.15. The normalized spacial score (nSPS) is 12.2. The van der Waals surface area contributed by atoms with E-state index < -0.39 is 0 Å². The SMILES string of the molecule is CCOC(=O)[C@@H](C)c1ccccc1. The molecule has 0 saturated heterocycles. The molecule has 1 aromatic carbocycles. The summed E-state index contributed by atoms with van der Waals surface area (Å²) in [7, 11) is 0. The number of ether oxygens (including phenoxy) is 1. The molecule has 13 heavy (non-hydrogen) atoms. The van der Waals surface area contributed by atoms with E-state index in [1.165, 1.54) is 0 Å².